The van der Waals surface area contributed by atoms with E-state index in [1.54, 1.807) is 6.20 Å². The van der Waals surface area contributed by atoms with E-state index < -0.39 is 0 Å². The molecule has 0 radical (unpaired) electrons. The minimum absolute atomic E-state index is 0.0410. The first kappa shape index (κ1) is 20.2. The zero-order valence-electron chi connectivity index (χ0n) is 16.3. The number of morpholine rings is 1. The summed E-state index contributed by atoms with van der Waals surface area (Å²) in [5, 5.41) is 7.61. The summed E-state index contributed by atoms with van der Waals surface area (Å²) in [6, 6.07) is 13.0. The fourth-order valence-electron chi connectivity index (χ4n) is 3.08. The molecule has 2 N–H and O–H groups in total. The van der Waals surface area contributed by atoms with E-state index in [2.05, 4.69) is 25.7 Å². The zero-order valence-corrected chi connectivity index (χ0v) is 17.1. The van der Waals surface area contributed by atoms with Gasteiger partial charge in [-0.15, -0.1) is 5.10 Å². The van der Waals surface area contributed by atoms with Crippen molar-refractivity contribution in [2.45, 2.75) is 0 Å². The molecular formula is C20H22N6O3S. The average molecular weight is 427 g/mol. The largest absolute Gasteiger partial charge is 0.378 e. The van der Waals surface area contributed by atoms with Crippen LogP contribution in [0.4, 0.5) is 17.2 Å². The monoisotopic (exact) mass is 426 g/mol. The molecular weight excluding hydrogens is 404 g/mol. The summed E-state index contributed by atoms with van der Waals surface area (Å²) in [7, 11) is 0. The molecule has 2 saturated heterocycles. The Labute approximate surface area is 178 Å². The summed E-state index contributed by atoms with van der Waals surface area (Å²) in [6.45, 7) is 3.09. The molecule has 2 amide bonds. The van der Waals surface area contributed by atoms with Gasteiger partial charge in [0.25, 0.3) is 5.91 Å². The lowest BCUT2D eigenvalue weighted by Crippen LogP contribution is -2.36. The molecule has 0 aliphatic carbocycles. The second kappa shape index (κ2) is 9.59. The molecule has 2 aromatic rings. The number of carbonyl (C=O) groups excluding carboxylic acids is 2. The summed E-state index contributed by atoms with van der Waals surface area (Å²) in [5.74, 6) is 0.809. The lowest BCUT2D eigenvalue weighted by molar-refractivity contribution is -0.119. The number of nitrogens with one attached hydrogen (secondary N) is 2. The highest BCUT2D eigenvalue weighted by molar-refractivity contribution is 8.15. The molecule has 0 saturated carbocycles. The second-order valence-electron chi connectivity index (χ2n) is 6.64. The van der Waals surface area contributed by atoms with E-state index in [0.29, 0.717) is 24.1 Å². The number of hydrazone groups is 1. The van der Waals surface area contributed by atoms with E-state index in [9.17, 15) is 9.59 Å². The Morgan fingerprint density at radius 2 is 1.97 bits per heavy atom. The van der Waals surface area contributed by atoms with Crippen molar-refractivity contribution in [2.24, 2.45) is 5.10 Å². The third-order valence-corrected chi connectivity index (χ3v) is 5.52. The van der Waals surface area contributed by atoms with Gasteiger partial charge in [0.15, 0.2) is 5.17 Å². The number of pyridine rings is 1. The van der Waals surface area contributed by atoms with Crippen molar-refractivity contribution < 1.29 is 14.3 Å². The van der Waals surface area contributed by atoms with E-state index in [1.165, 1.54) is 16.7 Å². The second-order valence-corrected chi connectivity index (χ2v) is 7.58. The van der Waals surface area contributed by atoms with Crippen molar-refractivity contribution in [3.05, 3.63) is 48.7 Å². The maximum atomic E-state index is 12.2. The fraction of sp³-hybridized carbons (Fsp3) is 0.300. The van der Waals surface area contributed by atoms with Gasteiger partial charge in [-0.25, -0.2) is 10.4 Å². The minimum atomic E-state index is -0.312. The molecule has 1 aromatic heterocycles. The molecule has 0 bridgehead atoms. The maximum Gasteiger partial charge on any atom is 0.259 e. The minimum Gasteiger partial charge on any atom is -0.378 e. The number of carbonyl (C=O) groups is 2. The van der Waals surface area contributed by atoms with Crippen LogP contribution in [0.2, 0.25) is 0 Å². The number of amidine groups is 1. The molecule has 156 valence electrons. The lowest BCUT2D eigenvalue weighted by Gasteiger charge is -2.27. The van der Waals surface area contributed by atoms with E-state index in [-0.39, 0.29) is 18.4 Å². The summed E-state index contributed by atoms with van der Waals surface area (Å²) in [4.78, 5) is 32.5. The van der Waals surface area contributed by atoms with E-state index in [0.717, 1.165) is 30.3 Å². The molecule has 3 heterocycles. The number of thioether (sulfide) groups is 1. The molecule has 2 aliphatic heterocycles. The molecule has 10 heteroatoms. The molecule has 9 nitrogen and oxygen atoms in total. The van der Waals surface area contributed by atoms with Gasteiger partial charge in [-0.05, 0) is 24.3 Å². The van der Waals surface area contributed by atoms with Crippen molar-refractivity contribution in [3.8, 4) is 0 Å². The van der Waals surface area contributed by atoms with Crippen LogP contribution in [0, 0.1) is 0 Å². The Morgan fingerprint density at radius 1 is 1.17 bits per heavy atom. The standard InChI is InChI=1S/C20H22N6O3S/c27-18(13-21-15-6-7-17(22-12-15)25-8-10-29-11-9-25)23-24-20-26(19(28)14-30-20)16-4-2-1-3-5-16/h1-7,12,21H,8-11,13-14H2,(H,23,27). The molecule has 0 atom stereocenters. The number of anilines is 3. The first-order valence-electron chi connectivity index (χ1n) is 9.61. The number of para-hydroxylation sites is 1. The summed E-state index contributed by atoms with van der Waals surface area (Å²) in [6.07, 6.45) is 1.70. The number of nitrogens with zero attached hydrogens (tertiary/aromatic N) is 4. The number of amides is 2. The highest BCUT2D eigenvalue weighted by atomic mass is 32.2. The highest BCUT2D eigenvalue weighted by Gasteiger charge is 2.29. The normalized spacial score (nSPS) is 18.0. The summed E-state index contributed by atoms with van der Waals surface area (Å²) in [5.41, 5.74) is 3.98. The van der Waals surface area contributed by atoms with Gasteiger partial charge in [-0.3, -0.25) is 14.5 Å². The van der Waals surface area contributed by atoms with Crippen LogP contribution in [0.15, 0.2) is 53.8 Å². The van der Waals surface area contributed by atoms with Crippen molar-refractivity contribution in [3.63, 3.8) is 0 Å². The van der Waals surface area contributed by atoms with Gasteiger partial charge in [0, 0.05) is 13.1 Å². The quantitative estimate of drug-likeness (QED) is 0.676. The van der Waals surface area contributed by atoms with Gasteiger partial charge in [0.2, 0.25) is 5.91 Å². The van der Waals surface area contributed by atoms with Gasteiger partial charge in [0.1, 0.15) is 5.82 Å². The maximum absolute atomic E-state index is 12.2. The summed E-state index contributed by atoms with van der Waals surface area (Å²) < 4.78 is 5.35. The van der Waals surface area contributed by atoms with Crippen molar-refractivity contribution in [1.82, 2.24) is 10.4 Å². The van der Waals surface area contributed by atoms with Crippen LogP contribution in [-0.4, -0.2) is 60.6 Å². The van der Waals surface area contributed by atoms with Crippen molar-refractivity contribution >= 4 is 45.9 Å². The smallest absolute Gasteiger partial charge is 0.259 e. The Hall–Kier alpha value is -3.11. The number of rotatable bonds is 6. The molecule has 30 heavy (non-hydrogen) atoms. The molecule has 2 aliphatic rings. The van der Waals surface area contributed by atoms with E-state index >= 15 is 0 Å². The Morgan fingerprint density at radius 3 is 2.70 bits per heavy atom. The fourth-order valence-corrected chi connectivity index (χ4v) is 3.91. The topological polar surface area (TPSA) is 99.2 Å². The number of hydrogen-bond acceptors (Lipinski definition) is 8. The molecule has 0 spiro atoms. The van der Waals surface area contributed by atoms with Gasteiger partial charge < -0.3 is 15.0 Å². The SMILES string of the molecule is O=C(CNc1ccc(N2CCOCC2)nc1)NN=C1SCC(=O)N1c1ccccc1. The number of aromatic nitrogens is 1. The molecule has 1 aromatic carbocycles. The van der Waals surface area contributed by atoms with Crippen LogP contribution in [0.5, 0.6) is 0 Å². The van der Waals surface area contributed by atoms with Crippen LogP contribution < -0.4 is 20.5 Å². The third kappa shape index (κ3) is 4.89. The van der Waals surface area contributed by atoms with Crippen molar-refractivity contribution in [1.29, 1.82) is 0 Å². The lowest BCUT2D eigenvalue weighted by atomic mass is 10.3. The predicted molar refractivity (Wildman–Crippen MR) is 118 cm³/mol. The highest BCUT2D eigenvalue weighted by Crippen LogP contribution is 2.26. The van der Waals surface area contributed by atoms with E-state index in [1.807, 2.05) is 42.5 Å². The number of hydrogen-bond donors (Lipinski definition) is 2. The number of benzene rings is 1. The Kier molecular flexibility index (Phi) is 6.45. The zero-order chi connectivity index (χ0) is 20.8. The average Bonchev–Trinajstić information content (AvgIpc) is 3.18. The van der Waals surface area contributed by atoms with Crippen molar-refractivity contribution in [2.75, 3.05) is 53.7 Å². The predicted octanol–water partition coefficient (Wildman–Crippen LogP) is 1.50. The van der Waals surface area contributed by atoms with Crippen LogP contribution >= 0.6 is 11.8 Å². The van der Waals surface area contributed by atoms with Gasteiger partial charge in [-0.1, -0.05) is 30.0 Å². The van der Waals surface area contributed by atoms with E-state index in [4.69, 9.17) is 4.74 Å². The molecule has 4 rings (SSSR count). The van der Waals surface area contributed by atoms with Gasteiger partial charge in [0.05, 0.1) is 43.1 Å². The third-order valence-electron chi connectivity index (χ3n) is 4.59. The van der Waals surface area contributed by atoms with Gasteiger partial charge in [-0.2, -0.15) is 0 Å². The van der Waals surface area contributed by atoms with Crippen LogP contribution in [0.25, 0.3) is 0 Å². The van der Waals surface area contributed by atoms with Crippen LogP contribution in [0.1, 0.15) is 0 Å². The number of ether oxygens (including phenoxy) is 1. The first-order valence-corrected chi connectivity index (χ1v) is 10.6. The first-order chi connectivity index (χ1) is 14.7. The molecule has 0 unspecified atom stereocenters. The Balaban J connectivity index is 1.30. The molecule has 2 fully saturated rings. The van der Waals surface area contributed by atoms with Crippen LogP contribution in [0.3, 0.4) is 0 Å². The van der Waals surface area contributed by atoms with Gasteiger partial charge >= 0.3 is 0 Å². The summed E-state index contributed by atoms with van der Waals surface area (Å²) >= 11 is 1.29. The van der Waals surface area contributed by atoms with Crippen LogP contribution in [-0.2, 0) is 14.3 Å². The Bertz CT molecular complexity index is 916.